The van der Waals surface area contributed by atoms with Crippen molar-refractivity contribution >= 4 is 5.97 Å². The fraction of sp³-hybridized carbons (Fsp3) is 0.929. The number of allylic oxidation sites excluding steroid dienone is 1. The second-order valence-corrected chi connectivity index (χ2v) is 18.8. The summed E-state index contributed by atoms with van der Waals surface area (Å²) in [6.07, 6.45) is -26.8. The van der Waals surface area contributed by atoms with Gasteiger partial charge in [-0.05, 0) is 69.6 Å². The van der Waals surface area contributed by atoms with Gasteiger partial charge in [0.25, 0.3) is 0 Å². The number of aliphatic hydroxyl groups excluding tert-OH is 14. The van der Waals surface area contributed by atoms with E-state index >= 15 is 0 Å². The zero-order valence-electron chi connectivity index (χ0n) is 35.8. The highest BCUT2D eigenvalue weighted by atomic mass is 16.8. The third kappa shape index (κ3) is 11.7. The number of hydrogen-bond donors (Lipinski definition) is 14. The van der Waals surface area contributed by atoms with Crippen LogP contribution in [0.5, 0.6) is 0 Å². The van der Waals surface area contributed by atoms with Gasteiger partial charge in [0, 0.05) is 18.4 Å². The van der Waals surface area contributed by atoms with Gasteiger partial charge < -0.3 is 109 Å². The fourth-order valence-electron chi connectivity index (χ4n) is 10.4. The molecule has 7 rings (SSSR count). The Bertz CT molecular complexity index is 1530. The molecule has 0 aromatic heterocycles. The Balaban J connectivity index is 1.16. The summed E-state index contributed by atoms with van der Waals surface area (Å²) in [6.45, 7) is -2.13. The van der Waals surface area contributed by atoms with Crippen molar-refractivity contribution < 1.29 is 114 Å². The molecule has 65 heavy (non-hydrogen) atoms. The number of ether oxygens (including phenoxy) is 8. The Hall–Kier alpha value is -1.63. The topological polar surface area (TPSA) is 374 Å². The molecule has 0 aromatic rings. The third-order valence-electron chi connectivity index (χ3n) is 14.3. The Labute approximate surface area is 374 Å². The minimum absolute atomic E-state index is 0.0210. The smallest absolute Gasteiger partial charge is 0.330 e. The Morgan fingerprint density at radius 3 is 1.72 bits per heavy atom. The van der Waals surface area contributed by atoms with Gasteiger partial charge in [0.1, 0.15) is 79.9 Å². The summed E-state index contributed by atoms with van der Waals surface area (Å²) >= 11 is 0. The maximum atomic E-state index is 12.9. The van der Waals surface area contributed by atoms with Crippen molar-refractivity contribution in [1.82, 2.24) is 0 Å². The quantitative estimate of drug-likeness (QED) is 0.0604. The van der Waals surface area contributed by atoms with Gasteiger partial charge in [0.2, 0.25) is 0 Å². The van der Waals surface area contributed by atoms with E-state index in [1.165, 1.54) is 6.08 Å². The normalized spacial score (nSPS) is 51.0. The fourth-order valence-corrected chi connectivity index (χ4v) is 10.4. The molecule has 0 amide bonds. The zero-order valence-corrected chi connectivity index (χ0v) is 35.8. The Morgan fingerprint density at radius 2 is 1.11 bits per heavy atom. The minimum atomic E-state index is -1.95. The van der Waals surface area contributed by atoms with Crippen LogP contribution in [0.1, 0.15) is 64.2 Å². The van der Waals surface area contributed by atoms with E-state index in [1.54, 1.807) is 6.08 Å². The molecule has 4 heterocycles. The molecular weight excluding hydrogens is 872 g/mol. The van der Waals surface area contributed by atoms with Crippen LogP contribution in [0.4, 0.5) is 0 Å². The third-order valence-corrected chi connectivity index (χ3v) is 14.3. The minimum Gasteiger partial charge on any atom is -0.460 e. The van der Waals surface area contributed by atoms with Gasteiger partial charge in [-0.15, -0.1) is 0 Å². The van der Waals surface area contributed by atoms with Gasteiger partial charge in [0.05, 0.1) is 62.0 Å². The van der Waals surface area contributed by atoms with Crippen molar-refractivity contribution in [1.29, 1.82) is 0 Å². The van der Waals surface area contributed by atoms with Gasteiger partial charge in [-0.25, -0.2) is 4.79 Å². The molecule has 7 fully saturated rings. The van der Waals surface area contributed by atoms with E-state index in [9.17, 15) is 76.3 Å². The summed E-state index contributed by atoms with van der Waals surface area (Å²) in [4.78, 5) is 12.9. The largest absolute Gasteiger partial charge is 0.460 e. The van der Waals surface area contributed by atoms with Crippen LogP contribution in [-0.4, -0.2) is 238 Å². The van der Waals surface area contributed by atoms with Crippen LogP contribution in [0.2, 0.25) is 0 Å². The number of carbonyl (C=O) groups is 1. The van der Waals surface area contributed by atoms with Crippen LogP contribution in [-0.2, 0) is 42.7 Å². The lowest BCUT2D eigenvalue weighted by Gasteiger charge is -2.53. The number of hydrogen-bond acceptors (Lipinski definition) is 23. The second kappa shape index (κ2) is 22.4. The summed E-state index contributed by atoms with van der Waals surface area (Å²) in [5, 5.41) is 148. The van der Waals surface area contributed by atoms with Crippen molar-refractivity contribution in [2.45, 2.75) is 205 Å². The lowest BCUT2D eigenvalue weighted by molar-refractivity contribution is -0.380. The molecule has 4 saturated heterocycles. The lowest BCUT2D eigenvalue weighted by Crippen LogP contribution is -2.66. The molecule has 0 aromatic carbocycles. The van der Waals surface area contributed by atoms with Gasteiger partial charge >= 0.3 is 5.97 Å². The molecule has 24 atom stereocenters. The van der Waals surface area contributed by atoms with Crippen molar-refractivity contribution in [3.8, 4) is 0 Å². The van der Waals surface area contributed by atoms with E-state index in [2.05, 4.69) is 0 Å². The summed E-state index contributed by atoms with van der Waals surface area (Å²) in [7, 11) is 0. The number of fused-ring (bicyclic) bond motifs is 1. The highest BCUT2D eigenvalue weighted by Gasteiger charge is 2.56. The molecule has 7 aliphatic rings. The molecule has 14 N–H and O–H groups in total. The molecule has 0 spiro atoms. The van der Waals surface area contributed by atoms with E-state index < -0.39 is 179 Å². The Kier molecular flexibility index (Phi) is 17.7. The molecule has 23 heteroatoms. The average molecular weight is 941 g/mol. The summed E-state index contributed by atoms with van der Waals surface area (Å²) in [5.41, 5.74) is 0. The van der Waals surface area contributed by atoms with Crippen LogP contribution >= 0.6 is 0 Å². The lowest BCUT2D eigenvalue weighted by atomic mass is 9.72. The number of aliphatic hydroxyl groups is 14. The van der Waals surface area contributed by atoms with E-state index in [0.717, 1.165) is 0 Å². The Morgan fingerprint density at radius 1 is 0.523 bits per heavy atom. The van der Waals surface area contributed by atoms with Crippen molar-refractivity contribution in [2.75, 3.05) is 19.8 Å². The molecule has 3 aliphatic carbocycles. The number of rotatable bonds is 13. The van der Waals surface area contributed by atoms with E-state index in [0.29, 0.717) is 32.1 Å². The molecule has 3 saturated carbocycles. The molecule has 0 radical (unpaired) electrons. The molecule has 9 unspecified atom stereocenters. The van der Waals surface area contributed by atoms with E-state index in [1.807, 2.05) is 0 Å². The maximum absolute atomic E-state index is 12.9. The maximum Gasteiger partial charge on any atom is 0.330 e. The zero-order chi connectivity index (χ0) is 46.9. The average Bonchev–Trinajstić information content (AvgIpc) is 3.29. The van der Waals surface area contributed by atoms with Crippen LogP contribution in [0, 0.1) is 17.8 Å². The SMILES string of the molecule is O=C(C=CC1CCC(O)CC1)OC[C@H]1O[C@@H](OC2CC3C(CC(O)CC3O[C@@H]3O[C@H](CO)[C@@H](O)[C@H](O)[C@H]3O)OC2C2CCC(O)C(O)C2)[C@H](O[C@@H]2O[C@H](CO)[C@@H](O)[C@H](O)[C@H]2O)[C@@H](O)[C@@H]1O. The van der Waals surface area contributed by atoms with E-state index in [4.69, 9.17) is 37.9 Å². The number of esters is 1. The molecule has 374 valence electrons. The molecule has 0 bridgehead atoms. The number of carbonyl (C=O) groups excluding carboxylic acids is 1. The van der Waals surface area contributed by atoms with Crippen LogP contribution < -0.4 is 0 Å². The summed E-state index contributed by atoms with van der Waals surface area (Å²) in [6, 6.07) is 0. The van der Waals surface area contributed by atoms with Crippen LogP contribution in [0.15, 0.2) is 12.2 Å². The highest BCUT2D eigenvalue weighted by molar-refractivity contribution is 5.81. The van der Waals surface area contributed by atoms with Gasteiger partial charge in [-0.3, -0.25) is 0 Å². The second-order valence-electron chi connectivity index (χ2n) is 18.8. The summed E-state index contributed by atoms with van der Waals surface area (Å²) in [5.74, 6) is -1.90. The van der Waals surface area contributed by atoms with Crippen molar-refractivity contribution in [3.05, 3.63) is 12.2 Å². The molecule has 4 aliphatic heterocycles. The van der Waals surface area contributed by atoms with Crippen LogP contribution in [0.3, 0.4) is 0 Å². The van der Waals surface area contributed by atoms with Crippen LogP contribution in [0.25, 0.3) is 0 Å². The first-order chi connectivity index (χ1) is 31.0. The standard InChI is InChI=1S/C42H68O23/c43-13-26-30(50)33(53)36(56)40(62-26)60-24-11-19(46)10-23-20(24)12-25(38(59-23)17-4-7-21(47)22(48)9-17)61-42-39(65-41-37(57)34(54)31(51)27(14-44)63-41)35(55)32(52)28(64-42)15-58-29(49)8-3-16-1-5-18(45)6-2-16/h3,8,16-28,30-48,50-57H,1-2,4-7,9-15H2/t16?,17?,18?,19?,20?,21?,22?,23?,24?,25?,26-,27-,28-,30-,31-,32-,33+,34+,35+,36-,37-,38?,39-,40-,41+,42-/m1/s1. The predicted molar refractivity (Wildman–Crippen MR) is 212 cm³/mol. The van der Waals surface area contributed by atoms with Gasteiger partial charge in [-0.1, -0.05) is 6.08 Å². The predicted octanol–water partition coefficient (Wildman–Crippen LogP) is -5.71. The first kappa shape index (κ1) is 51.2. The first-order valence-corrected chi connectivity index (χ1v) is 22.8. The van der Waals surface area contributed by atoms with Gasteiger partial charge in [-0.2, -0.15) is 0 Å². The highest BCUT2D eigenvalue weighted by Crippen LogP contribution is 2.45. The molecular formula is C42H68O23. The first-order valence-electron chi connectivity index (χ1n) is 22.8. The monoisotopic (exact) mass is 940 g/mol. The van der Waals surface area contributed by atoms with Crippen molar-refractivity contribution in [3.63, 3.8) is 0 Å². The van der Waals surface area contributed by atoms with Crippen molar-refractivity contribution in [2.24, 2.45) is 17.8 Å². The van der Waals surface area contributed by atoms with E-state index in [-0.39, 0.29) is 38.0 Å². The molecule has 23 nitrogen and oxygen atoms in total. The summed E-state index contributed by atoms with van der Waals surface area (Å²) < 4.78 is 48.4. The van der Waals surface area contributed by atoms with Gasteiger partial charge in [0.15, 0.2) is 18.9 Å².